The van der Waals surface area contributed by atoms with Crippen LogP contribution in [0, 0.1) is 38.2 Å². The second-order valence-electron chi connectivity index (χ2n) is 6.37. The smallest absolute Gasteiger partial charge is 0.258 e. The number of carbonyl (C=O) groups excluding carboxylic acids is 1. The Labute approximate surface area is 159 Å². The molecule has 1 aromatic heterocycles. The molecule has 2 aromatic carbocycles. The molecule has 0 aliphatic heterocycles. The van der Waals surface area contributed by atoms with Gasteiger partial charge in [0.05, 0.1) is 11.3 Å². The molecule has 0 unspecified atom stereocenters. The van der Waals surface area contributed by atoms with Crippen LogP contribution in [0.25, 0.3) is 0 Å². The number of benzene rings is 2. The van der Waals surface area contributed by atoms with Crippen molar-refractivity contribution in [2.75, 3.05) is 10.6 Å². The Hall–Kier alpha value is -3.42. The van der Waals surface area contributed by atoms with Crippen LogP contribution in [0.1, 0.15) is 27.0 Å². The summed E-state index contributed by atoms with van der Waals surface area (Å²) in [4.78, 5) is 20.4. The van der Waals surface area contributed by atoms with Crippen molar-refractivity contribution in [2.24, 2.45) is 0 Å². The molecule has 0 bridgehead atoms. The summed E-state index contributed by atoms with van der Waals surface area (Å²) in [5.74, 6) is -4.93. The van der Waals surface area contributed by atoms with Crippen molar-refractivity contribution in [3.05, 3.63) is 76.4 Å². The normalized spacial score (nSPS) is 10.6. The second-order valence-corrected chi connectivity index (χ2v) is 6.37. The van der Waals surface area contributed by atoms with Gasteiger partial charge in [-0.2, -0.15) is 0 Å². The molecule has 0 saturated carbocycles. The first kappa shape index (κ1) is 19.3. The Kier molecular flexibility index (Phi) is 5.30. The van der Waals surface area contributed by atoms with Crippen LogP contribution in [0.4, 0.5) is 30.5 Å². The molecule has 3 rings (SSSR count). The van der Waals surface area contributed by atoms with E-state index < -0.39 is 29.0 Å². The monoisotopic (exact) mass is 386 g/mol. The third kappa shape index (κ3) is 3.95. The summed E-state index contributed by atoms with van der Waals surface area (Å²) < 4.78 is 39.9. The number of anilines is 3. The minimum Gasteiger partial charge on any atom is -0.324 e. The van der Waals surface area contributed by atoms with E-state index >= 15 is 0 Å². The maximum absolute atomic E-state index is 13.7. The van der Waals surface area contributed by atoms with Crippen LogP contribution >= 0.6 is 0 Å². The molecule has 2 N–H and O–H groups in total. The number of nitrogens with one attached hydrogen (secondary N) is 2. The van der Waals surface area contributed by atoms with Crippen LogP contribution < -0.4 is 10.6 Å². The van der Waals surface area contributed by atoms with Crippen molar-refractivity contribution in [2.45, 2.75) is 20.8 Å². The van der Waals surface area contributed by atoms with E-state index in [1.165, 1.54) is 12.4 Å². The Balaban J connectivity index is 1.76. The van der Waals surface area contributed by atoms with E-state index in [-0.39, 0.29) is 11.5 Å². The van der Waals surface area contributed by atoms with Crippen LogP contribution in [0.5, 0.6) is 0 Å². The molecule has 1 heterocycles. The zero-order valence-electron chi connectivity index (χ0n) is 15.4. The first-order valence-electron chi connectivity index (χ1n) is 8.38. The molecule has 0 radical (unpaired) electrons. The third-order valence-corrected chi connectivity index (χ3v) is 4.11. The number of hydrogen-bond acceptors (Lipinski definition) is 4. The lowest BCUT2D eigenvalue weighted by atomic mass is 10.1. The fourth-order valence-electron chi connectivity index (χ4n) is 2.82. The number of nitrogens with zero attached hydrogens (tertiary/aromatic N) is 2. The molecule has 5 nitrogen and oxygen atoms in total. The highest BCUT2D eigenvalue weighted by Gasteiger charge is 2.16. The van der Waals surface area contributed by atoms with Crippen LogP contribution in [0.15, 0.2) is 36.7 Å². The minimum atomic E-state index is -1.66. The highest BCUT2D eigenvalue weighted by atomic mass is 19.2. The van der Waals surface area contributed by atoms with Gasteiger partial charge < -0.3 is 10.6 Å². The average molecular weight is 386 g/mol. The molecule has 0 fully saturated rings. The quantitative estimate of drug-likeness (QED) is 0.631. The molecule has 0 spiro atoms. The van der Waals surface area contributed by atoms with Crippen molar-refractivity contribution in [3.8, 4) is 0 Å². The second kappa shape index (κ2) is 7.67. The van der Waals surface area contributed by atoms with Gasteiger partial charge in [-0.05, 0) is 44.0 Å². The molecular formula is C20H17F3N4O. The van der Waals surface area contributed by atoms with Gasteiger partial charge in [-0.25, -0.2) is 23.1 Å². The number of hydrogen-bond donors (Lipinski definition) is 2. The zero-order chi connectivity index (χ0) is 20.4. The van der Waals surface area contributed by atoms with E-state index in [2.05, 4.69) is 20.6 Å². The van der Waals surface area contributed by atoms with E-state index in [1.54, 1.807) is 0 Å². The Morgan fingerprint density at radius 2 is 1.54 bits per heavy atom. The fraction of sp³-hybridized carbons (Fsp3) is 0.150. The van der Waals surface area contributed by atoms with Gasteiger partial charge >= 0.3 is 0 Å². The Bertz CT molecular complexity index is 1030. The van der Waals surface area contributed by atoms with E-state index in [0.29, 0.717) is 0 Å². The lowest BCUT2D eigenvalue weighted by Gasteiger charge is -2.13. The van der Waals surface area contributed by atoms with Gasteiger partial charge in [-0.1, -0.05) is 17.7 Å². The van der Waals surface area contributed by atoms with E-state index in [1.807, 2.05) is 32.9 Å². The molecule has 144 valence electrons. The molecule has 3 aromatic rings. The molecule has 0 aliphatic carbocycles. The fourth-order valence-corrected chi connectivity index (χ4v) is 2.82. The summed E-state index contributed by atoms with van der Waals surface area (Å²) in [5.41, 5.74) is 3.61. The summed E-state index contributed by atoms with van der Waals surface area (Å²) in [5, 5.41) is 5.27. The van der Waals surface area contributed by atoms with E-state index in [9.17, 15) is 18.0 Å². The summed E-state index contributed by atoms with van der Waals surface area (Å²) in [6.07, 6.45) is 2.50. The lowest BCUT2D eigenvalue weighted by molar-refractivity contribution is 0.102. The molecule has 8 heteroatoms. The molecule has 1 amide bonds. The Morgan fingerprint density at radius 3 is 2.14 bits per heavy atom. The van der Waals surface area contributed by atoms with Crippen molar-refractivity contribution in [3.63, 3.8) is 0 Å². The van der Waals surface area contributed by atoms with Crippen molar-refractivity contribution in [1.29, 1.82) is 0 Å². The highest BCUT2D eigenvalue weighted by molar-refractivity contribution is 6.04. The molecular weight excluding hydrogens is 369 g/mol. The van der Waals surface area contributed by atoms with Gasteiger partial charge in [-0.15, -0.1) is 0 Å². The number of rotatable bonds is 4. The van der Waals surface area contributed by atoms with E-state index in [4.69, 9.17) is 0 Å². The van der Waals surface area contributed by atoms with Gasteiger partial charge in [0.2, 0.25) is 5.95 Å². The summed E-state index contributed by atoms with van der Waals surface area (Å²) in [7, 11) is 0. The van der Waals surface area contributed by atoms with Crippen LogP contribution in [0.2, 0.25) is 0 Å². The predicted molar refractivity (Wildman–Crippen MR) is 100 cm³/mol. The maximum atomic E-state index is 13.7. The zero-order valence-corrected chi connectivity index (χ0v) is 15.4. The first-order chi connectivity index (χ1) is 13.3. The minimum absolute atomic E-state index is 0.0343. The van der Waals surface area contributed by atoms with Crippen LogP contribution in [-0.4, -0.2) is 15.9 Å². The lowest BCUT2D eigenvalue weighted by Crippen LogP contribution is -2.15. The number of aryl methyl sites for hydroxylation is 3. The maximum Gasteiger partial charge on any atom is 0.258 e. The van der Waals surface area contributed by atoms with Crippen LogP contribution in [-0.2, 0) is 0 Å². The Morgan fingerprint density at radius 1 is 0.929 bits per heavy atom. The van der Waals surface area contributed by atoms with Gasteiger partial charge in [0, 0.05) is 18.1 Å². The highest BCUT2D eigenvalue weighted by Crippen LogP contribution is 2.24. The summed E-state index contributed by atoms with van der Waals surface area (Å²) >= 11 is 0. The third-order valence-electron chi connectivity index (χ3n) is 4.11. The van der Waals surface area contributed by atoms with Gasteiger partial charge in [0.25, 0.3) is 5.91 Å². The van der Waals surface area contributed by atoms with Gasteiger partial charge in [0.15, 0.2) is 17.5 Å². The number of aromatic nitrogens is 2. The average Bonchev–Trinajstić information content (AvgIpc) is 2.65. The predicted octanol–water partition coefficient (Wildman–Crippen LogP) is 4.82. The van der Waals surface area contributed by atoms with Crippen molar-refractivity contribution in [1.82, 2.24) is 9.97 Å². The molecule has 0 saturated heterocycles. The SMILES string of the molecule is Cc1cc(C)c(Nc2ncc(C(=O)Nc3ccc(F)c(F)c3F)cn2)c(C)c1. The topological polar surface area (TPSA) is 66.9 Å². The van der Waals surface area contributed by atoms with Crippen LogP contribution in [0.3, 0.4) is 0 Å². The molecule has 0 aliphatic rings. The molecule has 28 heavy (non-hydrogen) atoms. The van der Waals surface area contributed by atoms with Crippen molar-refractivity contribution >= 4 is 23.2 Å². The standard InChI is InChI=1S/C20H17F3N4O/c1-10-6-11(2)18(12(3)7-10)27-20-24-8-13(9-25-20)19(28)26-15-5-4-14(21)16(22)17(15)23/h4-9H,1-3H3,(H,26,28)(H,24,25,27). The van der Waals surface area contributed by atoms with Gasteiger partial charge in [0.1, 0.15) is 0 Å². The van der Waals surface area contributed by atoms with Crippen molar-refractivity contribution < 1.29 is 18.0 Å². The van der Waals surface area contributed by atoms with Gasteiger partial charge in [-0.3, -0.25) is 4.79 Å². The van der Waals surface area contributed by atoms with E-state index in [0.717, 1.165) is 34.5 Å². The number of amides is 1. The number of carbonyl (C=O) groups is 1. The molecule has 0 atom stereocenters. The summed E-state index contributed by atoms with van der Waals surface area (Å²) in [6.45, 7) is 5.92. The largest absolute Gasteiger partial charge is 0.324 e. The first-order valence-corrected chi connectivity index (χ1v) is 8.38. The number of halogens is 3. The summed E-state index contributed by atoms with van der Waals surface area (Å²) in [6, 6.07) is 5.70.